The van der Waals surface area contributed by atoms with E-state index < -0.39 is 17.5 Å². The predicted octanol–water partition coefficient (Wildman–Crippen LogP) is 3.19. The zero-order valence-corrected chi connectivity index (χ0v) is 11.1. The number of aromatic nitrogens is 1. The molecular weight excluding hydrogens is 281 g/mol. The number of H-pyrrole nitrogens is 1. The highest BCUT2D eigenvalue weighted by Gasteiger charge is 2.71. The zero-order chi connectivity index (χ0) is 14.8. The Morgan fingerprint density at radius 2 is 2.05 bits per heavy atom. The number of hydrogen-bond donors (Lipinski definition) is 1. The van der Waals surface area contributed by atoms with Crippen LogP contribution in [0.15, 0.2) is 30.5 Å². The maximum Gasteiger partial charge on any atom is 0.392 e. The van der Waals surface area contributed by atoms with Gasteiger partial charge in [-0.25, -0.2) is 0 Å². The van der Waals surface area contributed by atoms with Crippen molar-refractivity contribution in [2.45, 2.75) is 12.6 Å². The van der Waals surface area contributed by atoms with Crippen molar-refractivity contribution in [1.29, 1.82) is 0 Å². The van der Waals surface area contributed by atoms with Gasteiger partial charge in [0.1, 0.15) is 0 Å². The molecule has 21 heavy (non-hydrogen) atoms. The molecule has 2 aromatic rings. The van der Waals surface area contributed by atoms with Crippen molar-refractivity contribution in [3.05, 3.63) is 36.0 Å². The van der Waals surface area contributed by atoms with E-state index >= 15 is 0 Å². The number of carbonyl (C=O) groups excluding carboxylic acids is 1. The van der Waals surface area contributed by atoms with E-state index in [2.05, 4.69) is 4.98 Å². The maximum absolute atomic E-state index is 12.6. The van der Waals surface area contributed by atoms with Crippen LogP contribution in [-0.4, -0.2) is 35.1 Å². The van der Waals surface area contributed by atoms with Crippen LogP contribution in [0.3, 0.4) is 0 Å². The van der Waals surface area contributed by atoms with Crippen LogP contribution in [-0.2, 0) is 0 Å². The van der Waals surface area contributed by atoms with Gasteiger partial charge in [-0.1, -0.05) is 6.07 Å². The van der Waals surface area contributed by atoms with Crippen molar-refractivity contribution in [2.75, 3.05) is 13.1 Å². The maximum atomic E-state index is 12.6. The first-order valence-electron chi connectivity index (χ1n) is 6.82. The minimum Gasteiger partial charge on any atom is -0.361 e. The molecule has 1 N–H and O–H groups in total. The summed E-state index contributed by atoms with van der Waals surface area (Å²) in [5, 5.41) is 1.01. The Morgan fingerprint density at radius 3 is 2.71 bits per heavy atom. The first-order chi connectivity index (χ1) is 9.89. The molecule has 0 radical (unpaired) electrons. The number of carbonyl (C=O) groups is 1. The lowest BCUT2D eigenvalue weighted by molar-refractivity contribution is -0.163. The molecule has 1 unspecified atom stereocenters. The first kappa shape index (κ1) is 12.7. The summed E-state index contributed by atoms with van der Waals surface area (Å²) in [6.07, 6.45) is -2.18. The molecule has 2 aliphatic rings. The fourth-order valence-corrected chi connectivity index (χ4v) is 3.38. The summed E-state index contributed by atoms with van der Waals surface area (Å²) in [6, 6.07) is 7.21. The minimum atomic E-state index is -4.13. The van der Waals surface area contributed by atoms with Gasteiger partial charge in [0.25, 0.3) is 5.91 Å². The molecule has 1 spiro atoms. The second kappa shape index (κ2) is 3.81. The van der Waals surface area contributed by atoms with Gasteiger partial charge in [-0.15, -0.1) is 0 Å². The van der Waals surface area contributed by atoms with Gasteiger partial charge in [0.2, 0.25) is 0 Å². The molecule has 1 saturated heterocycles. The SMILES string of the molecule is O=C(c1ccc2cc[nH]c2c1)N1CC2(CC2C(F)(F)F)C1. The molecule has 2 heterocycles. The van der Waals surface area contributed by atoms with Gasteiger partial charge in [-0.3, -0.25) is 4.79 Å². The molecule has 1 aromatic heterocycles. The summed E-state index contributed by atoms with van der Waals surface area (Å²) >= 11 is 0. The first-order valence-corrected chi connectivity index (χ1v) is 6.82. The summed E-state index contributed by atoms with van der Waals surface area (Å²) in [6.45, 7) is 0.442. The molecule has 0 bridgehead atoms. The van der Waals surface area contributed by atoms with Crippen LogP contribution >= 0.6 is 0 Å². The van der Waals surface area contributed by atoms with Crippen molar-refractivity contribution in [3.63, 3.8) is 0 Å². The predicted molar refractivity (Wildman–Crippen MR) is 70.8 cm³/mol. The number of nitrogens with zero attached hydrogens (tertiary/aromatic N) is 1. The molecule has 1 aromatic carbocycles. The molecule has 110 valence electrons. The molecule has 6 heteroatoms. The van der Waals surface area contributed by atoms with Gasteiger partial charge < -0.3 is 9.88 Å². The number of nitrogens with one attached hydrogen (secondary N) is 1. The smallest absolute Gasteiger partial charge is 0.361 e. The Hall–Kier alpha value is -1.98. The van der Waals surface area contributed by atoms with E-state index in [9.17, 15) is 18.0 Å². The number of alkyl halides is 3. The molecular formula is C15H13F3N2O. The third kappa shape index (κ3) is 1.85. The van der Waals surface area contributed by atoms with Crippen LogP contribution < -0.4 is 0 Å². The third-order valence-corrected chi connectivity index (χ3v) is 4.69. The van der Waals surface area contributed by atoms with Gasteiger partial charge in [0.05, 0.1) is 5.92 Å². The number of benzene rings is 1. The van der Waals surface area contributed by atoms with Crippen LogP contribution in [0.5, 0.6) is 0 Å². The number of hydrogen-bond acceptors (Lipinski definition) is 1. The molecule has 1 aliphatic heterocycles. The van der Waals surface area contributed by atoms with Crippen LogP contribution in [0.4, 0.5) is 13.2 Å². The second-order valence-corrected chi connectivity index (χ2v) is 6.10. The highest BCUT2D eigenvalue weighted by molar-refractivity contribution is 5.98. The lowest BCUT2D eigenvalue weighted by atomic mass is 9.92. The number of halogens is 3. The standard InChI is InChI=1S/C15H13F3N2O/c16-15(17,18)12-6-14(12)7-20(8-14)13(21)10-2-1-9-3-4-19-11(9)5-10/h1-5,12,19H,6-8H2. The Labute approximate surface area is 118 Å². The topological polar surface area (TPSA) is 36.1 Å². The van der Waals surface area contributed by atoms with Crippen molar-refractivity contribution in [1.82, 2.24) is 9.88 Å². The van der Waals surface area contributed by atoms with Gasteiger partial charge >= 0.3 is 6.18 Å². The van der Waals surface area contributed by atoms with Crippen molar-refractivity contribution >= 4 is 16.8 Å². The Bertz CT molecular complexity index is 728. The molecule has 1 atom stereocenters. The van der Waals surface area contributed by atoms with E-state index in [-0.39, 0.29) is 25.4 Å². The van der Waals surface area contributed by atoms with Crippen LogP contribution in [0, 0.1) is 11.3 Å². The van der Waals surface area contributed by atoms with E-state index in [0.717, 1.165) is 10.9 Å². The molecule has 1 amide bonds. The second-order valence-electron chi connectivity index (χ2n) is 6.10. The quantitative estimate of drug-likeness (QED) is 0.861. The number of rotatable bonds is 1. The molecule has 4 rings (SSSR count). The average molecular weight is 294 g/mol. The van der Waals surface area contributed by atoms with E-state index in [4.69, 9.17) is 0 Å². The fraction of sp³-hybridized carbons (Fsp3) is 0.400. The summed E-state index contributed by atoms with van der Waals surface area (Å²) in [7, 11) is 0. The summed E-state index contributed by atoms with van der Waals surface area (Å²) in [5.74, 6) is -1.41. The van der Waals surface area contributed by atoms with Gasteiger partial charge in [0.15, 0.2) is 0 Å². The molecule has 3 nitrogen and oxygen atoms in total. The Morgan fingerprint density at radius 1 is 1.29 bits per heavy atom. The monoisotopic (exact) mass is 294 g/mol. The van der Waals surface area contributed by atoms with Crippen molar-refractivity contribution in [2.24, 2.45) is 11.3 Å². The van der Waals surface area contributed by atoms with Crippen LogP contribution in [0.1, 0.15) is 16.8 Å². The lowest BCUT2D eigenvalue weighted by Crippen LogP contribution is -2.53. The van der Waals surface area contributed by atoms with E-state index in [1.807, 2.05) is 12.1 Å². The normalized spacial score (nSPS) is 23.4. The van der Waals surface area contributed by atoms with Crippen molar-refractivity contribution < 1.29 is 18.0 Å². The molecule has 1 aliphatic carbocycles. The van der Waals surface area contributed by atoms with E-state index in [1.54, 1.807) is 18.3 Å². The largest absolute Gasteiger partial charge is 0.392 e. The highest BCUT2D eigenvalue weighted by Crippen LogP contribution is 2.64. The number of amides is 1. The van der Waals surface area contributed by atoms with Gasteiger partial charge in [-0.2, -0.15) is 13.2 Å². The van der Waals surface area contributed by atoms with Gasteiger partial charge in [0, 0.05) is 35.8 Å². The minimum absolute atomic E-state index is 0.163. The lowest BCUT2D eigenvalue weighted by Gasteiger charge is -2.41. The average Bonchev–Trinajstić information content (AvgIpc) is 2.99. The van der Waals surface area contributed by atoms with Crippen LogP contribution in [0.2, 0.25) is 0 Å². The summed E-state index contributed by atoms with van der Waals surface area (Å²) < 4.78 is 37.9. The third-order valence-electron chi connectivity index (χ3n) is 4.69. The van der Waals surface area contributed by atoms with Crippen LogP contribution in [0.25, 0.3) is 10.9 Å². The zero-order valence-electron chi connectivity index (χ0n) is 11.1. The van der Waals surface area contributed by atoms with Gasteiger partial charge in [-0.05, 0) is 30.0 Å². The number of aromatic amines is 1. The number of fused-ring (bicyclic) bond motifs is 1. The number of likely N-dealkylation sites (tertiary alicyclic amines) is 1. The Kier molecular flexibility index (Phi) is 2.31. The molecule has 1 saturated carbocycles. The fourth-order valence-electron chi connectivity index (χ4n) is 3.38. The molecule has 2 fully saturated rings. The van der Waals surface area contributed by atoms with Crippen molar-refractivity contribution in [3.8, 4) is 0 Å². The summed E-state index contributed by atoms with van der Waals surface area (Å²) in [5.41, 5.74) is 0.685. The van der Waals surface area contributed by atoms with E-state index in [1.165, 1.54) is 4.90 Å². The Balaban J connectivity index is 1.48. The highest BCUT2D eigenvalue weighted by atomic mass is 19.4. The van der Waals surface area contributed by atoms with E-state index in [0.29, 0.717) is 5.56 Å². The summed E-state index contributed by atoms with van der Waals surface area (Å²) in [4.78, 5) is 16.8.